The molecule has 0 amide bonds. The van der Waals surface area contributed by atoms with Crippen molar-refractivity contribution in [1.29, 1.82) is 5.26 Å². The third-order valence-corrected chi connectivity index (χ3v) is 5.31. The summed E-state index contributed by atoms with van der Waals surface area (Å²) in [7, 11) is 0. The van der Waals surface area contributed by atoms with Gasteiger partial charge in [0, 0.05) is 5.70 Å². The number of nitriles is 1. The molecule has 2 aromatic heterocycles. The highest BCUT2D eigenvalue weighted by Crippen LogP contribution is 2.37. The zero-order valence-corrected chi connectivity index (χ0v) is 16.2. The van der Waals surface area contributed by atoms with E-state index in [4.69, 9.17) is 10.00 Å². The number of thiophene rings is 1. The maximum absolute atomic E-state index is 12.7. The minimum absolute atomic E-state index is 0.278. The summed E-state index contributed by atoms with van der Waals surface area (Å²) in [5, 5.41) is 18.9. The number of rotatable bonds is 4. The number of benzene rings is 1. The molecule has 0 unspecified atom stereocenters. The Morgan fingerprint density at radius 2 is 2.14 bits per heavy atom. The first-order chi connectivity index (χ1) is 13.6. The van der Waals surface area contributed by atoms with Gasteiger partial charge in [-0.25, -0.2) is 9.48 Å². The molecule has 4 rings (SSSR count). The van der Waals surface area contributed by atoms with Crippen molar-refractivity contribution in [3.63, 3.8) is 0 Å². The predicted octanol–water partition coefficient (Wildman–Crippen LogP) is 3.73. The van der Waals surface area contributed by atoms with Crippen molar-refractivity contribution in [1.82, 2.24) is 14.8 Å². The van der Waals surface area contributed by atoms with E-state index in [1.807, 2.05) is 36.6 Å². The zero-order chi connectivity index (χ0) is 19.7. The summed E-state index contributed by atoms with van der Waals surface area (Å²) in [6.07, 6.45) is 0. The van der Waals surface area contributed by atoms with Crippen LogP contribution in [0.15, 0.2) is 53.0 Å². The molecule has 28 heavy (non-hydrogen) atoms. The van der Waals surface area contributed by atoms with Gasteiger partial charge in [0.15, 0.2) is 5.82 Å². The predicted molar refractivity (Wildman–Crippen MR) is 106 cm³/mol. The second-order valence-corrected chi connectivity index (χ2v) is 7.15. The van der Waals surface area contributed by atoms with Gasteiger partial charge in [0.2, 0.25) is 5.95 Å². The highest BCUT2D eigenvalue weighted by atomic mass is 32.1. The van der Waals surface area contributed by atoms with E-state index in [9.17, 15) is 4.79 Å². The number of esters is 1. The SMILES string of the molecule is CCOC(=O)C1=C(C)Nc2nc(-c3cccs3)nn2[C@@H]1c1ccc(C#N)cc1. The number of carbonyl (C=O) groups excluding carboxylic acids is 1. The van der Waals surface area contributed by atoms with Crippen molar-refractivity contribution in [3.05, 3.63) is 64.2 Å². The minimum Gasteiger partial charge on any atom is -0.463 e. The molecule has 7 nitrogen and oxygen atoms in total. The van der Waals surface area contributed by atoms with Gasteiger partial charge >= 0.3 is 5.97 Å². The van der Waals surface area contributed by atoms with E-state index in [1.165, 1.54) is 0 Å². The van der Waals surface area contributed by atoms with Crippen molar-refractivity contribution < 1.29 is 9.53 Å². The van der Waals surface area contributed by atoms with Crippen LogP contribution in [0, 0.1) is 11.3 Å². The molecule has 140 valence electrons. The molecule has 0 aliphatic carbocycles. The van der Waals surface area contributed by atoms with Crippen molar-refractivity contribution in [2.24, 2.45) is 0 Å². The highest BCUT2D eigenvalue weighted by molar-refractivity contribution is 7.13. The van der Waals surface area contributed by atoms with Crippen molar-refractivity contribution in [2.75, 3.05) is 11.9 Å². The Morgan fingerprint density at radius 1 is 1.36 bits per heavy atom. The largest absolute Gasteiger partial charge is 0.463 e. The molecule has 0 radical (unpaired) electrons. The van der Waals surface area contributed by atoms with E-state index in [1.54, 1.807) is 35.1 Å². The number of aromatic nitrogens is 3. The third-order valence-electron chi connectivity index (χ3n) is 4.45. The van der Waals surface area contributed by atoms with Gasteiger partial charge in [-0.15, -0.1) is 16.4 Å². The number of nitrogens with one attached hydrogen (secondary N) is 1. The van der Waals surface area contributed by atoms with E-state index in [0.29, 0.717) is 28.6 Å². The number of nitrogens with zero attached hydrogens (tertiary/aromatic N) is 4. The lowest BCUT2D eigenvalue weighted by molar-refractivity contribution is -0.139. The summed E-state index contributed by atoms with van der Waals surface area (Å²) in [5.74, 6) is 0.748. The van der Waals surface area contributed by atoms with Crippen LogP contribution in [0.4, 0.5) is 5.95 Å². The van der Waals surface area contributed by atoms with Crippen LogP contribution in [0.25, 0.3) is 10.7 Å². The number of hydrogen-bond donors (Lipinski definition) is 1. The molecule has 0 spiro atoms. The smallest absolute Gasteiger partial charge is 0.338 e. The van der Waals surface area contributed by atoms with Crippen molar-refractivity contribution in [2.45, 2.75) is 19.9 Å². The van der Waals surface area contributed by atoms with Crippen LogP contribution in [0.1, 0.15) is 31.0 Å². The van der Waals surface area contributed by atoms with Crippen LogP contribution in [0.5, 0.6) is 0 Å². The number of carbonyl (C=O) groups is 1. The van der Waals surface area contributed by atoms with Crippen molar-refractivity contribution >= 4 is 23.3 Å². The molecule has 0 bridgehead atoms. The van der Waals surface area contributed by atoms with E-state index in [-0.39, 0.29) is 6.61 Å². The lowest BCUT2D eigenvalue weighted by atomic mass is 9.95. The number of hydrogen-bond acceptors (Lipinski definition) is 7. The Morgan fingerprint density at radius 3 is 2.79 bits per heavy atom. The highest BCUT2D eigenvalue weighted by Gasteiger charge is 2.35. The standard InChI is InChI=1S/C20H17N5O2S/c1-3-27-19(26)16-12(2)22-20-23-18(15-5-4-10-28-15)24-25(20)17(16)14-8-6-13(11-21)7-9-14/h4-10,17H,3H2,1-2H3,(H,22,23,24)/t17-/m1/s1. The lowest BCUT2D eigenvalue weighted by Gasteiger charge is -2.28. The molecule has 0 fully saturated rings. The normalized spacial score (nSPS) is 15.5. The fourth-order valence-corrected chi connectivity index (χ4v) is 3.84. The molecule has 3 heterocycles. The van der Waals surface area contributed by atoms with Crippen LogP contribution in [0.3, 0.4) is 0 Å². The molecule has 3 aromatic rings. The molecule has 0 saturated carbocycles. The van der Waals surface area contributed by atoms with Gasteiger partial charge in [-0.2, -0.15) is 10.2 Å². The van der Waals surface area contributed by atoms with Gasteiger partial charge in [0.25, 0.3) is 0 Å². The van der Waals surface area contributed by atoms with E-state index in [0.717, 1.165) is 10.4 Å². The van der Waals surface area contributed by atoms with Crippen LogP contribution >= 0.6 is 11.3 Å². The number of ether oxygens (including phenoxy) is 1. The summed E-state index contributed by atoms with van der Waals surface area (Å²) < 4.78 is 7.00. The number of fused-ring (bicyclic) bond motifs is 1. The molecule has 1 aromatic carbocycles. The Hall–Kier alpha value is -3.44. The van der Waals surface area contributed by atoms with Crippen LogP contribution in [-0.2, 0) is 9.53 Å². The quantitative estimate of drug-likeness (QED) is 0.681. The first-order valence-electron chi connectivity index (χ1n) is 8.77. The van der Waals surface area contributed by atoms with Crippen LogP contribution < -0.4 is 5.32 Å². The molecule has 8 heteroatoms. The number of allylic oxidation sites excluding steroid dienone is 1. The van der Waals surface area contributed by atoms with Gasteiger partial charge in [-0.3, -0.25) is 0 Å². The minimum atomic E-state index is -0.496. The third kappa shape index (κ3) is 3.06. The monoisotopic (exact) mass is 391 g/mol. The number of anilines is 1. The summed E-state index contributed by atoms with van der Waals surface area (Å²) in [5.41, 5.74) is 2.52. The second-order valence-electron chi connectivity index (χ2n) is 6.20. The lowest BCUT2D eigenvalue weighted by Crippen LogP contribution is -2.29. The molecule has 1 atom stereocenters. The summed E-state index contributed by atoms with van der Waals surface area (Å²) >= 11 is 1.55. The van der Waals surface area contributed by atoms with E-state index >= 15 is 0 Å². The maximum atomic E-state index is 12.7. The fourth-order valence-electron chi connectivity index (χ4n) is 3.18. The van der Waals surface area contributed by atoms with Crippen LogP contribution in [0.2, 0.25) is 0 Å². The molecule has 1 aliphatic rings. The first kappa shape index (κ1) is 17.9. The molecule has 1 N–H and O–H groups in total. The van der Waals surface area contributed by atoms with Gasteiger partial charge < -0.3 is 10.1 Å². The molecule has 0 saturated heterocycles. The second kappa shape index (κ2) is 7.29. The summed E-state index contributed by atoms with van der Waals surface area (Å²) in [6, 6.07) is 12.6. The Labute approximate surface area is 165 Å². The average Bonchev–Trinajstić information content (AvgIpc) is 3.36. The van der Waals surface area contributed by atoms with Gasteiger partial charge in [-0.1, -0.05) is 18.2 Å². The maximum Gasteiger partial charge on any atom is 0.338 e. The van der Waals surface area contributed by atoms with Gasteiger partial charge in [0.1, 0.15) is 6.04 Å². The van der Waals surface area contributed by atoms with Crippen molar-refractivity contribution in [3.8, 4) is 16.8 Å². The average molecular weight is 391 g/mol. The first-order valence-corrected chi connectivity index (χ1v) is 9.65. The molecule has 1 aliphatic heterocycles. The Kier molecular flexibility index (Phi) is 4.67. The Balaban J connectivity index is 1.86. The molecular formula is C20H17N5O2S. The summed E-state index contributed by atoms with van der Waals surface area (Å²) in [6.45, 7) is 3.88. The van der Waals surface area contributed by atoms with E-state index < -0.39 is 12.0 Å². The van der Waals surface area contributed by atoms with Gasteiger partial charge in [-0.05, 0) is 43.0 Å². The zero-order valence-electron chi connectivity index (χ0n) is 15.3. The van der Waals surface area contributed by atoms with Gasteiger partial charge in [0.05, 0.1) is 28.7 Å². The molecular weight excluding hydrogens is 374 g/mol. The van der Waals surface area contributed by atoms with Crippen LogP contribution in [-0.4, -0.2) is 27.3 Å². The summed E-state index contributed by atoms with van der Waals surface area (Å²) in [4.78, 5) is 18.3. The Bertz CT molecular complexity index is 1090. The topological polar surface area (TPSA) is 92.8 Å². The fraction of sp³-hybridized carbons (Fsp3) is 0.200. The van der Waals surface area contributed by atoms with E-state index in [2.05, 4.69) is 21.5 Å².